The summed E-state index contributed by atoms with van der Waals surface area (Å²) in [6.07, 6.45) is 6.13. The highest BCUT2D eigenvalue weighted by molar-refractivity contribution is 7.80. The third-order valence-corrected chi connectivity index (χ3v) is 8.82. The lowest BCUT2D eigenvalue weighted by molar-refractivity contribution is 0.218. The zero-order valence-electron chi connectivity index (χ0n) is 19.3. The van der Waals surface area contributed by atoms with Gasteiger partial charge in [-0.1, -0.05) is 20.8 Å². The van der Waals surface area contributed by atoms with E-state index in [9.17, 15) is 0 Å². The molecule has 5 rings (SSSR count). The van der Waals surface area contributed by atoms with Gasteiger partial charge < -0.3 is 15.1 Å². The Balaban J connectivity index is 1.48. The van der Waals surface area contributed by atoms with E-state index < -0.39 is 0 Å². The van der Waals surface area contributed by atoms with Crippen LogP contribution in [-0.2, 0) is 12.8 Å². The van der Waals surface area contributed by atoms with E-state index in [0.717, 1.165) is 49.6 Å². The Morgan fingerprint density at radius 2 is 1.87 bits per heavy atom. The molecule has 0 bridgehead atoms. The number of thiophene rings is 1. The third-order valence-electron chi connectivity index (χ3n) is 7.27. The number of hydrogen-bond acceptors (Lipinski definition) is 5. The van der Waals surface area contributed by atoms with Gasteiger partial charge in [0.25, 0.3) is 0 Å². The summed E-state index contributed by atoms with van der Waals surface area (Å²) < 4.78 is 0. The minimum Gasteiger partial charge on any atom is -0.363 e. The molecule has 2 fully saturated rings. The van der Waals surface area contributed by atoms with Gasteiger partial charge in [0.1, 0.15) is 16.5 Å². The predicted molar refractivity (Wildman–Crippen MR) is 134 cm³/mol. The van der Waals surface area contributed by atoms with Crippen molar-refractivity contribution in [1.82, 2.24) is 20.2 Å². The molecule has 2 aliphatic carbocycles. The number of thiocarbonyl (C=S) groups is 1. The molecule has 3 aliphatic rings. The standard InChI is InChI=1S/C24H35N5S2/c1-5-25-23(30)29-12-10-28(11-13-29)21-19-17-9-8-16(24(2,3)4)14-18(17)31-22(19)27-20(26-21)15-6-7-15/h15-16H,5-14H2,1-4H3,(H,25,30)/t16-/m1/s1. The van der Waals surface area contributed by atoms with E-state index in [0.29, 0.717) is 11.3 Å². The molecule has 0 unspecified atom stereocenters. The van der Waals surface area contributed by atoms with Crippen LogP contribution in [0.25, 0.3) is 10.2 Å². The van der Waals surface area contributed by atoms with Crippen LogP contribution in [0.5, 0.6) is 0 Å². The Morgan fingerprint density at radius 3 is 2.52 bits per heavy atom. The smallest absolute Gasteiger partial charge is 0.169 e. The molecule has 1 N–H and O–H groups in total. The lowest BCUT2D eigenvalue weighted by Gasteiger charge is -2.37. The SMILES string of the molecule is CCNC(=S)N1CCN(c2nc(C3CC3)nc3sc4c(c23)CC[C@@H](C(C)(C)C)C4)CC1. The van der Waals surface area contributed by atoms with Crippen LogP contribution in [0, 0.1) is 11.3 Å². The Bertz CT molecular complexity index is 980. The number of piperazine rings is 1. The topological polar surface area (TPSA) is 44.3 Å². The number of hydrogen-bond donors (Lipinski definition) is 1. The Labute approximate surface area is 195 Å². The molecule has 1 saturated heterocycles. The molecule has 0 amide bonds. The van der Waals surface area contributed by atoms with Crippen molar-refractivity contribution >= 4 is 44.7 Å². The van der Waals surface area contributed by atoms with Crippen molar-refractivity contribution in [2.75, 3.05) is 37.6 Å². The van der Waals surface area contributed by atoms with Crippen LogP contribution < -0.4 is 10.2 Å². The molecule has 7 heteroatoms. The zero-order valence-corrected chi connectivity index (χ0v) is 21.0. The molecule has 3 heterocycles. The van der Waals surface area contributed by atoms with Crippen LogP contribution in [-0.4, -0.2) is 52.7 Å². The first-order valence-corrected chi connectivity index (χ1v) is 13.2. The average Bonchev–Trinajstić information content (AvgIpc) is 3.53. The van der Waals surface area contributed by atoms with E-state index in [-0.39, 0.29) is 0 Å². The van der Waals surface area contributed by atoms with E-state index in [4.69, 9.17) is 22.2 Å². The van der Waals surface area contributed by atoms with Crippen LogP contribution in [0.3, 0.4) is 0 Å². The number of fused-ring (bicyclic) bond motifs is 3. The first-order valence-electron chi connectivity index (χ1n) is 11.9. The van der Waals surface area contributed by atoms with Crippen LogP contribution >= 0.6 is 23.6 Å². The van der Waals surface area contributed by atoms with Gasteiger partial charge >= 0.3 is 0 Å². The second-order valence-corrected chi connectivity index (χ2v) is 11.9. The van der Waals surface area contributed by atoms with E-state index in [1.807, 2.05) is 11.3 Å². The summed E-state index contributed by atoms with van der Waals surface area (Å²) in [6.45, 7) is 14.0. The molecule has 0 aromatic carbocycles. The molecule has 5 nitrogen and oxygen atoms in total. The summed E-state index contributed by atoms with van der Waals surface area (Å²) >= 11 is 7.50. The summed E-state index contributed by atoms with van der Waals surface area (Å²) in [5.74, 6) is 3.61. The lowest BCUT2D eigenvalue weighted by atomic mass is 9.72. The maximum atomic E-state index is 5.55. The summed E-state index contributed by atoms with van der Waals surface area (Å²) in [7, 11) is 0. The van der Waals surface area contributed by atoms with Crippen LogP contribution in [0.1, 0.15) is 69.1 Å². The van der Waals surface area contributed by atoms with E-state index in [2.05, 4.69) is 42.8 Å². The lowest BCUT2D eigenvalue weighted by Crippen LogP contribution is -2.52. The molecule has 1 saturated carbocycles. The molecule has 1 atom stereocenters. The van der Waals surface area contributed by atoms with Crippen molar-refractivity contribution in [1.29, 1.82) is 0 Å². The summed E-state index contributed by atoms with van der Waals surface area (Å²) in [4.78, 5) is 17.9. The number of anilines is 1. The molecule has 1 aliphatic heterocycles. The number of aromatic nitrogens is 2. The molecule has 2 aromatic heterocycles. The van der Waals surface area contributed by atoms with Crippen LogP contribution in [0.4, 0.5) is 5.82 Å². The van der Waals surface area contributed by atoms with Crippen molar-refractivity contribution < 1.29 is 0 Å². The van der Waals surface area contributed by atoms with Gasteiger partial charge in [-0.05, 0) is 68.1 Å². The van der Waals surface area contributed by atoms with Gasteiger partial charge in [-0.3, -0.25) is 0 Å². The highest BCUT2D eigenvalue weighted by Gasteiger charge is 2.35. The maximum Gasteiger partial charge on any atom is 0.169 e. The third kappa shape index (κ3) is 4.15. The second kappa shape index (κ2) is 8.14. The van der Waals surface area contributed by atoms with Gasteiger partial charge in [0.2, 0.25) is 0 Å². The molecule has 31 heavy (non-hydrogen) atoms. The summed E-state index contributed by atoms with van der Waals surface area (Å²) in [5, 5.41) is 5.54. The number of nitrogens with zero attached hydrogens (tertiary/aromatic N) is 4. The molecule has 168 valence electrons. The van der Waals surface area contributed by atoms with Crippen LogP contribution in [0.15, 0.2) is 0 Å². The molecular weight excluding hydrogens is 422 g/mol. The van der Waals surface area contributed by atoms with Crippen molar-refractivity contribution in [2.45, 2.75) is 65.7 Å². The predicted octanol–water partition coefficient (Wildman–Crippen LogP) is 4.74. The minimum atomic E-state index is 0.364. The summed E-state index contributed by atoms with van der Waals surface area (Å²) in [5.41, 5.74) is 1.91. The fourth-order valence-corrected chi connectivity index (χ4v) is 6.68. The monoisotopic (exact) mass is 457 g/mol. The molecular formula is C24H35N5S2. The molecule has 0 spiro atoms. The highest BCUT2D eigenvalue weighted by Crippen LogP contribution is 2.47. The normalized spacial score (nSPS) is 22.0. The minimum absolute atomic E-state index is 0.364. The van der Waals surface area contributed by atoms with Gasteiger partial charge in [-0.25, -0.2) is 9.97 Å². The van der Waals surface area contributed by atoms with E-state index in [1.165, 1.54) is 48.1 Å². The van der Waals surface area contributed by atoms with Gasteiger partial charge in [0, 0.05) is 43.5 Å². The van der Waals surface area contributed by atoms with Crippen molar-refractivity contribution in [3.05, 3.63) is 16.3 Å². The Kier molecular flexibility index (Phi) is 5.62. The zero-order chi connectivity index (χ0) is 21.8. The van der Waals surface area contributed by atoms with Crippen molar-refractivity contribution in [3.8, 4) is 0 Å². The Morgan fingerprint density at radius 1 is 1.13 bits per heavy atom. The van der Waals surface area contributed by atoms with Crippen LogP contribution in [0.2, 0.25) is 0 Å². The number of nitrogens with one attached hydrogen (secondary N) is 1. The van der Waals surface area contributed by atoms with Gasteiger partial charge in [-0.15, -0.1) is 11.3 Å². The fourth-order valence-electron chi connectivity index (χ4n) is 5.05. The second-order valence-electron chi connectivity index (χ2n) is 10.5. The summed E-state index contributed by atoms with van der Waals surface area (Å²) in [6, 6.07) is 0. The first kappa shape index (κ1) is 21.4. The Hall–Kier alpha value is -1.47. The van der Waals surface area contributed by atoms with Crippen molar-refractivity contribution in [2.24, 2.45) is 11.3 Å². The number of rotatable bonds is 3. The average molecular weight is 458 g/mol. The van der Waals surface area contributed by atoms with Gasteiger partial charge in [0.15, 0.2) is 5.11 Å². The molecule has 0 radical (unpaired) electrons. The van der Waals surface area contributed by atoms with Gasteiger partial charge in [0.05, 0.1) is 5.39 Å². The number of aryl methyl sites for hydroxylation is 1. The van der Waals surface area contributed by atoms with E-state index >= 15 is 0 Å². The maximum absolute atomic E-state index is 5.55. The highest BCUT2D eigenvalue weighted by atomic mass is 32.1. The largest absolute Gasteiger partial charge is 0.363 e. The van der Waals surface area contributed by atoms with Gasteiger partial charge in [-0.2, -0.15) is 0 Å². The quantitative estimate of drug-likeness (QED) is 0.672. The van der Waals surface area contributed by atoms with Crippen molar-refractivity contribution in [3.63, 3.8) is 0 Å². The molecule has 2 aromatic rings. The van der Waals surface area contributed by atoms with E-state index in [1.54, 1.807) is 10.4 Å². The fraction of sp³-hybridized carbons (Fsp3) is 0.708. The first-order chi connectivity index (χ1) is 14.8.